The fourth-order valence-electron chi connectivity index (χ4n) is 2.66. The molecule has 2 nitrogen and oxygen atoms in total. The lowest BCUT2D eigenvalue weighted by molar-refractivity contribution is -0.142. The molecule has 122 valence electrons. The van der Waals surface area contributed by atoms with Crippen LogP contribution >= 0.6 is 0 Å². The number of alkyl halides is 3. The number of benzene rings is 2. The molecule has 0 saturated heterocycles. The van der Waals surface area contributed by atoms with E-state index in [4.69, 9.17) is 0 Å². The number of carboxylic acid groups (broad SMARTS) is 1. The first-order chi connectivity index (χ1) is 10.7. The molecule has 2 aromatic rings. The molecule has 0 spiro atoms. The van der Waals surface area contributed by atoms with Gasteiger partial charge in [0.15, 0.2) is 0 Å². The second kappa shape index (κ2) is 6.44. The zero-order valence-electron chi connectivity index (χ0n) is 12.8. The number of carbonyl (C=O) groups is 1. The monoisotopic (exact) mass is 322 g/mol. The normalized spacial score (nSPS) is 13.1. The molecular formula is C18H17F3O2. The minimum absolute atomic E-state index is 0.195. The van der Waals surface area contributed by atoms with Crippen LogP contribution in [0.15, 0.2) is 48.5 Å². The minimum Gasteiger partial charge on any atom is -0.481 e. The third-order valence-electron chi connectivity index (χ3n) is 3.73. The van der Waals surface area contributed by atoms with E-state index in [-0.39, 0.29) is 5.56 Å². The predicted molar refractivity (Wildman–Crippen MR) is 82.1 cm³/mol. The van der Waals surface area contributed by atoms with Crippen molar-refractivity contribution in [3.8, 4) is 11.1 Å². The molecule has 0 aliphatic carbocycles. The van der Waals surface area contributed by atoms with Crippen molar-refractivity contribution >= 4 is 5.97 Å². The zero-order chi connectivity index (χ0) is 17.2. The third-order valence-corrected chi connectivity index (χ3v) is 3.73. The van der Waals surface area contributed by atoms with Crippen LogP contribution in [0.2, 0.25) is 0 Å². The van der Waals surface area contributed by atoms with E-state index in [1.54, 1.807) is 44.2 Å². The van der Waals surface area contributed by atoms with Crippen LogP contribution in [0.1, 0.15) is 30.9 Å². The molecule has 1 atom stereocenters. The molecule has 0 aromatic heterocycles. The highest BCUT2D eigenvalue weighted by molar-refractivity contribution is 5.78. The van der Waals surface area contributed by atoms with E-state index in [0.29, 0.717) is 11.1 Å². The highest BCUT2D eigenvalue weighted by atomic mass is 19.4. The number of carboxylic acids is 1. The van der Waals surface area contributed by atoms with E-state index in [0.717, 1.165) is 6.07 Å². The van der Waals surface area contributed by atoms with Gasteiger partial charge in [-0.15, -0.1) is 0 Å². The molecule has 1 N–H and O–H groups in total. The Labute approximate surface area is 132 Å². The summed E-state index contributed by atoms with van der Waals surface area (Å²) >= 11 is 0. The van der Waals surface area contributed by atoms with Crippen molar-refractivity contribution in [3.05, 3.63) is 59.7 Å². The van der Waals surface area contributed by atoms with Crippen molar-refractivity contribution in [2.75, 3.05) is 0 Å². The van der Waals surface area contributed by atoms with Crippen LogP contribution in [-0.4, -0.2) is 11.1 Å². The summed E-state index contributed by atoms with van der Waals surface area (Å²) in [5, 5.41) is 9.31. The van der Waals surface area contributed by atoms with Crippen molar-refractivity contribution in [1.29, 1.82) is 0 Å². The van der Waals surface area contributed by atoms with Crippen LogP contribution in [0.25, 0.3) is 11.1 Å². The first kappa shape index (κ1) is 17.1. The third kappa shape index (κ3) is 3.73. The lowest BCUT2D eigenvalue weighted by Crippen LogP contribution is -2.22. The van der Waals surface area contributed by atoms with Crippen LogP contribution in [0.5, 0.6) is 0 Å². The second-order valence-electron chi connectivity index (χ2n) is 5.73. The number of rotatable bonds is 4. The lowest BCUT2D eigenvalue weighted by Gasteiger charge is -2.22. The zero-order valence-corrected chi connectivity index (χ0v) is 12.8. The molecule has 1 unspecified atom stereocenters. The number of hydrogen-bond donors (Lipinski definition) is 1. The van der Waals surface area contributed by atoms with Gasteiger partial charge >= 0.3 is 12.1 Å². The number of halogens is 3. The van der Waals surface area contributed by atoms with Crippen LogP contribution in [-0.2, 0) is 11.0 Å². The predicted octanol–water partition coefficient (Wildman–Crippen LogP) is 5.20. The summed E-state index contributed by atoms with van der Waals surface area (Å²) < 4.78 is 40.3. The van der Waals surface area contributed by atoms with Gasteiger partial charge in [-0.25, -0.2) is 0 Å². The summed E-state index contributed by atoms with van der Waals surface area (Å²) in [5.74, 6) is -2.90. The Morgan fingerprint density at radius 3 is 2.09 bits per heavy atom. The van der Waals surface area contributed by atoms with E-state index < -0.39 is 29.5 Å². The summed E-state index contributed by atoms with van der Waals surface area (Å²) in [5.41, 5.74) is -0.0184. The molecule has 0 aliphatic rings. The van der Waals surface area contributed by atoms with Gasteiger partial charge in [0.2, 0.25) is 0 Å². The minimum atomic E-state index is -4.61. The Balaban J connectivity index is 2.63. The molecule has 2 aromatic carbocycles. The van der Waals surface area contributed by atoms with Gasteiger partial charge in [-0.05, 0) is 28.7 Å². The average molecular weight is 322 g/mol. The van der Waals surface area contributed by atoms with Gasteiger partial charge in [0.1, 0.15) is 0 Å². The summed E-state index contributed by atoms with van der Waals surface area (Å²) in [6, 6.07) is 12.5. The fraction of sp³-hybridized carbons (Fsp3) is 0.278. The van der Waals surface area contributed by atoms with Gasteiger partial charge in [-0.3, -0.25) is 4.79 Å². The molecular weight excluding hydrogens is 305 g/mol. The smallest absolute Gasteiger partial charge is 0.416 e. The maximum Gasteiger partial charge on any atom is 0.416 e. The van der Waals surface area contributed by atoms with E-state index in [1.165, 1.54) is 12.1 Å². The van der Waals surface area contributed by atoms with Crippen LogP contribution in [0.4, 0.5) is 13.2 Å². The van der Waals surface area contributed by atoms with E-state index in [1.807, 2.05) is 0 Å². The molecule has 2 rings (SSSR count). The van der Waals surface area contributed by atoms with Crippen LogP contribution in [0.3, 0.4) is 0 Å². The number of hydrogen-bond acceptors (Lipinski definition) is 1. The van der Waals surface area contributed by atoms with E-state index >= 15 is 0 Å². The summed E-state index contributed by atoms with van der Waals surface area (Å²) in [6.45, 7) is 3.20. The molecule has 5 heteroatoms. The molecule has 0 aliphatic heterocycles. The quantitative estimate of drug-likeness (QED) is 0.840. The molecule has 23 heavy (non-hydrogen) atoms. The van der Waals surface area contributed by atoms with Gasteiger partial charge in [-0.1, -0.05) is 56.3 Å². The summed E-state index contributed by atoms with van der Waals surface area (Å²) in [4.78, 5) is 11.4. The molecule has 0 fully saturated rings. The first-order valence-electron chi connectivity index (χ1n) is 7.21. The molecule has 0 saturated carbocycles. The molecule has 0 bridgehead atoms. The Hall–Kier alpha value is -2.30. The van der Waals surface area contributed by atoms with Gasteiger partial charge in [0, 0.05) is 0 Å². The van der Waals surface area contributed by atoms with Gasteiger partial charge in [0.25, 0.3) is 0 Å². The molecule has 0 radical (unpaired) electrons. The Morgan fingerprint density at radius 1 is 1.00 bits per heavy atom. The van der Waals surface area contributed by atoms with Crippen LogP contribution in [0, 0.1) is 5.92 Å². The molecule has 0 amide bonds. The second-order valence-corrected chi connectivity index (χ2v) is 5.73. The van der Waals surface area contributed by atoms with Gasteiger partial charge < -0.3 is 5.11 Å². The van der Waals surface area contributed by atoms with Gasteiger partial charge in [0.05, 0.1) is 11.5 Å². The Kier molecular flexibility index (Phi) is 4.78. The Bertz CT molecular complexity index is 691. The van der Waals surface area contributed by atoms with E-state index in [2.05, 4.69) is 0 Å². The summed E-state index contributed by atoms with van der Waals surface area (Å²) in [7, 11) is 0. The van der Waals surface area contributed by atoms with Crippen molar-refractivity contribution in [2.45, 2.75) is 25.9 Å². The fourth-order valence-corrected chi connectivity index (χ4v) is 2.66. The van der Waals surface area contributed by atoms with Crippen molar-refractivity contribution in [1.82, 2.24) is 0 Å². The summed E-state index contributed by atoms with van der Waals surface area (Å²) in [6.07, 6.45) is -4.61. The maximum atomic E-state index is 13.4. The van der Waals surface area contributed by atoms with Crippen molar-refractivity contribution in [3.63, 3.8) is 0 Å². The maximum absolute atomic E-state index is 13.4. The highest BCUT2D eigenvalue weighted by Gasteiger charge is 2.38. The number of aliphatic carboxylic acids is 1. The van der Waals surface area contributed by atoms with Crippen LogP contribution < -0.4 is 0 Å². The topological polar surface area (TPSA) is 37.3 Å². The molecule has 0 heterocycles. The highest BCUT2D eigenvalue weighted by Crippen LogP contribution is 2.39. The SMILES string of the molecule is CC(C)C(C(=O)O)c1ccc(-c2ccccc2)cc1C(F)(F)F. The van der Waals surface area contributed by atoms with Crippen molar-refractivity contribution in [2.24, 2.45) is 5.92 Å². The Morgan fingerprint density at radius 2 is 1.61 bits per heavy atom. The standard InChI is InChI=1S/C18H17F3O2/c1-11(2)16(17(22)23)14-9-8-13(10-15(14)18(19,20)21)12-6-4-3-5-7-12/h3-11,16H,1-2H3,(H,22,23). The van der Waals surface area contributed by atoms with Crippen molar-refractivity contribution < 1.29 is 23.1 Å². The first-order valence-corrected chi connectivity index (χ1v) is 7.21. The lowest BCUT2D eigenvalue weighted by atomic mass is 9.84. The largest absolute Gasteiger partial charge is 0.481 e. The average Bonchev–Trinajstić information content (AvgIpc) is 2.46. The van der Waals surface area contributed by atoms with E-state index in [9.17, 15) is 23.1 Å². The van der Waals surface area contributed by atoms with Gasteiger partial charge in [-0.2, -0.15) is 13.2 Å².